The first-order chi connectivity index (χ1) is 14.2. The average molecular weight is 421 g/mol. The van der Waals surface area contributed by atoms with Crippen LogP contribution in [0, 0.1) is 52.3 Å². The Morgan fingerprint density at radius 1 is 0.867 bits per heavy atom. The van der Waals surface area contributed by atoms with Gasteiger partial charge in [0.2, 0.25) is 0 Å². The van der Waals surface area contributed by atoms with E-state index >= 15 is 0 Å². The van der Waals surface area contributed by atoms with Crippen molar-refractivity contribution in [2.45, 2.75) is 111 Å². The van der Waals surface area contributed by atoms with Gasteiger partial charge in [0.25, 0.3) is 0 Å². The summed E-state index contributed by atoms with van der Waals surface area (Å²) in [6.07, 6.45) is 12.7. The summed E-state index contributed by atoms with van der Waals surface area (Å²) in [4.78, 5) is 0. The summed E-state index contributed by atoms with van der Waals surface area (Å²) in [7, 11) is 0. The van der Waals surface area contributed by atoms with Crippen molar-refractivity contribution in [3.05, 3.63) is 0 Å². The fraction of sp³-hybridized carbons (Fsp3) is 1.00. The lowest BCUT2D eigenvalue weighted by Gasteiger charge is -2.61. The molecule has 30 heavy (non-hydrogen) atoms. The molecule has 4 rings (SSSR count). The molecule has 11 atom stereocenters. The molecule has 0 aromatic carbocycles. The van der Waals surface area contributed by atoms with Gasteiger partial charge in [-0.2, -0.15) is 0 Å². The van der Waals surface area contributed by atoms with E-state index < -0.39 is 0 Å². The van der Waals surface area contributed by atoms with Crippen molar-refractivity contribution < 1.29 is 15.3 Å². The largest absolute Gasteiger partial charge is 0.396 e. The summed E-state index contributed by atoms with van der Waals surface area (Å²) >= 11 is 0. The minimum absolute atomic E-state index is 0.0689. The second kappa shape index (κ2) is 8.67. The Labute approximate surface area is 185 Å². The lowest BCUT2D eigenvalue weighted by atomic mass is 9.44. The first-order valence-electron chi connectivity index (χ1n) is 13.2. The SMILES string of the molecule is C[C@@H](CO)CCC[C@@H](C)[C@H]1[C@@H](O)C[C@H]2[C@@H]3CC[C@H]4C[C@@H](O)CC[C@]4(C)[C@H]3CC[C@]12C. The van der Waals surface area contributed by atoms with E-state index in [4.69, 9.17) is 0 Å². The van der Waals surface area contributed by atoms with Crippen LogP contribution in [0.3, 0.4) is 0 Å². The van der Waals surface area contributed by atoms with Gasteiger partial charge in [0.05, 0.1) is 12.2 Å². The second-order valence-electron chi connectivity index (χ2n) is 12.7. The van der Waals surface area contributed by atoms with Gasteiger partial charge in [-0.25, -0.2) is 0 Å². The molecule has 174 valence electrons. The molecule has 3 heteroatoms. The van der Waals surface area contributed by atoms with Gasteiger partial charge in [-0.15, -0.1) is 0 Å². The van der Waals surface area contributed by atoms with Crippen LogP contribution in [0.15, 0.2) is 0 Å². The van der Waals surface area contributed by atoms with E-state index in [1.165, 1.54) is 44.9 Å². The van der Waals surface area contributed by atoms with Crippen molar-refractivity contribution >= 4 is 0 Å². The molecule has 0 saturated heterocycles. The summed E-state index contributed by atoms with van der Waals surface area (Å²) < 4.78 is 0. The molecule has 0 heterocycles. The second-order valence-corrected chi connectivity index (χ2v) is 12.7. The molecule has 3 nitrogen and oxygen atoms in total. The highest BCUT2D eigenvalue weighted by molar-refractivity contribution is 5.11. The number of aliphatic hydroxyl groups excluding tert-OH is 3. The van der Waals surface area contributed by atoms with Crippen LogP contribution in [0.25, 0.3) is 0 Å². The van der Waals surface area contributed by atoms with Crippen LogP contribution in [-0.4, -0.2) is 34.1 Å². The maximum atomic E-state index is 11.3. The number of hydrogen-bond donors (Lipinski definition) is 3. The van der Waals surface area contributed by atoms with Crippen LogP contribution < -0.4 is 0 Å². The highest BCUT2D eigenvalue weighted by Gasteiger charge is 2.62. The summed E-state index contributed by atoms with van der Waals surface area (Å²) in [6.45, 7) is 9.89. The Hall–Kier alpha value is -0.120. The third-order valence-corrected chi connectivity index (χ3v) is 11.0. The third-order valence-electron chi connectivity index (χ3n) is 11.0. The van der Waals surface area contributed by atoms with Crippen LogP contribution in [0.5, 0.6) is 0 Å². The third kappa shape index (κ3) is 3.79. The Morgan fingerprint density at radius 2 is 1.60 bits per heavy atom. The molecule has 0 radical (unpaired) electrons. The van der Waals surface area contributed by atoms with Crippen molar-refractivity contribution in [3.8, 4) is 0 Å². The first kappa shape index (κ1) is 23.1. The van der Waals surface area contributed by atoms with Gasteiger partial charge in [0, 0.05) is 6.61 Å². The molecule has 4 aliphatic carbocycles. The zero-order chi connectivity index (χ0) is 21.7. The Bertz CT molecular complexity index is 593. The standard InChI is InChI=1S/C27H48O3/c1-17(16-28)6-5-7-18(2)25-24(30)15-23-21-9-8-19-14-20(29)10-12-26(19,3)22(21)11-13-27(23,25)4/h17-25,28-30H,5-16H2,1-4H3/t17-,18-,19+,20+,21-,22+,23+,24+,25+,26+,27+/m1/s1. The zero-order valence-electron chi connectivity index (χ0n) is 20.0. The van der Waals surface area contributed by atoms with Gasteiger partial charge >= 0.3 is 0 Å². The highest BCUT2D eigenvalue weighted by Crippen LogP contribution is 2.68. The van der Waals surface area contributed by atoms with Gasteiger partial charge in [-0.3, -0.25) is 0 Å². The van der Waals surface area contributed by atoms with E-state index in [2.05, 4.69) is 27.7 Å². The number of fused-ring (bicyclic) bond motifs is 5. The van der Waals surface area contributed by atoms with Crippen molar-refractivity contribution in [1.29, 1.82) is 0 Å². The molecule has 0 spiro atoms. The molecular formula is C27H48O3. The summed E-state index contributed by atoms with van der Waals surface area (Å²) in [5.41, 5.74) is 0.707. The summed E-state index contributed by atoms with van der Waals surface area (Å²) in [5, 5.41) is 30.8. The Balaban J connectivity index is 1.47. The maximum Gasteiger partial charge on any atom is 0.0579 e. The van der Waals surface area contributed by atoms with Crippen LogP contribution in [0.2, 0.25) is 0 Å². The van der Waals surface area contributed by atoms with E-state index in [0.29, 0.717) is 47.0 Å². The highest BCUT2D eigenvalue weighted by atomic mass is 16.3. The molecule has 4 aliphatic rings. The maximum absolute atomic E-state index is 11.3. The van der Waals surface area contributed by atoms with E-state index in [0.717, 1.165) is 37.5 Å². The van der Waals surface area contributed by atoms with Crippen molar-refractivity contribution in [2.75, 3.05) is 6.61 Å². The van der Waals surface area contributed by atoms with E-state index in [1.54, 1.807) is 0 Å². The number of rotatable bonds is 6. The van der Waals surface area contributed by atoms with Crippen LogP contribution in [0.1, 0.15) is 98.3 Å². The molecule has 0 unspecified atom stereocenters. The number of hydrogen-bond acceptors (Lipinski definition) is 3. The zero-order valence-corrected chi connectivity index (χ0v) is 20.0. The van der Waals surface area contributed by atoms with Crippen molar-refractivity contribution in [1.82, 2.24) is 0 Å². The molecule has 4 saturated carbocycles. The van der Waals surface area contributed by atoms with E-state index in [1.807, 2.05) is 0 Å². The Kier molecular flexibility index (Phi) is 6.66. The molecule has 0 bridgehead atoms. The smallest absolute Gasteiger partial charge is 0.0579 e. The molecule has 0 aliphatic heterocycles. The molecular weight excluding hydrogens is 372 g/mol. The number of aliphatic hydroxyl groups is 3. The van der Waals surface area contributed by atoms with Crippen LogP contribution >= 0.6 is 0 Å². The average Bonchev–Trinajstić information content (AvgIpc) is 2.98. The van der Waals surface area contributed by atoms with Gasteiger partial charge in [0.15, 0.2) is 0 Å². The lowest BCUT2D eigenvalue weighted by molar-refractivity contribution is -0.130. The van der Waals surface area contributed by atoms with Crippen molar-refractivity contribution in [3.63, 3.8) is 0 Å². The predicted molar refractivity (Wildman–Crippen MR) is 122 cm³/mol. The van der Waals surface area contributed by atoms with Crippen LogP contribution in [-0.2, 0) is 0 Å². The minimum Gasteiger partial charge on any atom is -0.396 e. The predicted octanol–water partition coefficient (Wildman–Crippen LogP) is 5.41. The van der Waals surface area contributed by atoms with Gasteiger partial charge in [0.1, 0.15) is 0 Å². The quantitative estimate of drug-likeness (QED) is 0.538. The van der Waals surface area contributed by atoms with Gasteiger partial charge < -0.3 is 15.3 Å². The van der Waals surface area contributed by atoms with Crippen LogP contribution in [0.4, 0.5) is 0 Å². The van der Waals surface area contributed by atoms with E-state index in [-0.39, 0.29) is 12.2 Å². The molecule has 3 N–H and O–H groups in total. The Morgan fingerprint density at radius 3 is 2.33 bits per heavy atom. The molecule has 0 amide bonds. The van der Waals surface area contributed by atoms with E-state index in [9.17, 15) is 15.3 Å². The van der Waals surface area contributed by atoms with Gasteiger partial charge in [-0.1, -0.05) is 40.5 Å². The fourth-order valence-corrected chi connectivity index (χ4v) is 9.38. The molecule has 0 aromatic rings. The molecule has 0 aromatic heterocycles. The lowest BCUT2D eigenvalue weighted by Crippen LogP contribution is -2.54. The van der Waals surface area contributed by atoms with Crippen molar-refractivity contribution in [2.24, 2.45) is 52.3 Å². The normalized spacial score (nSPS) is 50.3. The first-order valence-corrected chi connectivity index (χ1v) is 13.2. The van der Waals surface area contributed by atoms with Gasteiger partial charge in [-0.05, 0) is 110 Å². The summed E-state index contributed by atoms with van der Waals surface area (Å²) in [5.74, 6) is 4.37. The fourth-order valence-electron chi connectivity index (χ4n) is 9.38. The minimum atomic E-state index is -0.136. The molecule has 4 fully saturated rings. The topological polar surface area (TPSA) is 60.7 Å². The monoisotopic (exact) mass is 420 g/mol. The summed E-state index contributed by atoms with van der Waals surface area (Å²) in [6, 6.07) is 0.